The second-order valence-corrected chi connectivity index (χ2v) is 0. The van der Waals surface area contributed by atoms with Crippen molar-refractivity contribution >= 4 is 77.9 Å². The van der Waals surface area contributed by atoms with Crippen LogP contribution in [0.15, 0.2) is 0 Å². The molecule has 0 rings (SSSR count). The first-order chi connectivity index (χ1) is 0. The van der Waals surface area contributed by atoms with Gasteiger partial charge in [-0.2, -0.15) is 0 Å². The molecule has 0 heterocycles. The first kappa shape index (κ1) is 43.0. The van der Waals surface area contributed by atoms with Gasteiger partial charge in [0.2, 0.25) is 0 Å². The Balaban J connectivity index is 0. The topological polar surface area (TPSA) is 0 Å². The average Bonchev–Trinajstić information content (AvgIpc) is 0. The molecule has 0 saturated heterocycles. The molecule has 0 nitrogen and oxygen atoms in total. The Hall–Kier alpha value is 5.22. The zero-order valence-corrected chi connectivity index (χ0v) is 14.5. The monoisotopic (exact) mass is 300 g/mol. The van der Waals surface area contributed by atoms with E-state index in [2.05, 4.69) is 0 Å². The molecule has 0 aliphatic rings. The van der Waals surface area contributed by atoms with Crippen molar-refractivity contribution in [2.24, 2.45) is 0 Å². The maximum atomic E-state index is 0. The molecule has 0 amide bonds. The van der Waals surface area contributed by atoms with Crippen LogP contribution in [0.4, 0.5) is 0 Å². The van der Waals surface area contributed by atoms with E-state index < -0.39 is 0 Å². The van der Waals surface area contributed by atoms with Crippen molar-refractivity contribution in [3.05, 3.63) is 0 Å². The van der Waals surface area contributed by atoms with Gasteiger partial charge in [0.1, 0.15) is 0 Å². The zero-order chi connectivity index (χ0) is 0. The van der Waals surface area contributed by atoms with E-state index in [0.29, 0.717) is 0 Å². The van der Waals surface area contributed by atoms with Crippen molar-refractivity contribution in [3.8, 4) is 0 Å². The first-order valence-corrected chi connectivity index (χ1v) is 0. The molecule has 0 N–H and O–H groups in total. The molecule has 0 saturated carbocycles. The fourth-order valence-electron chi connectivity index (χ4n) is 0. The molecule has 2 radical (unpaired) electrons. The summed E-state index contributed by atoms with van der Waals surface area (Å²) < 4.78 is 0. The Morgan fingerprint density at radius 2 is 1.17 bits per heavy atom. The van der Waals surface area contributed by atoms with Gasteiger partial charge in [-0.15, -0.1) is 0 Å². The fraction of sp³-hybridized carbons (Fsp3) is 0. The van der Waals surface area contributed by atoms with Crippen LogP contribution in [0, 0.1) is 0 Å². The van der Waals surface area contributed by atoms with Gasteiger partial charge in [0, 0.05) is 34.1 Å². The van der Waals surface area contributed by atoms with Gasteiger partial charge in [-0.1, -0.05) is 0 Å². The molecule has 32 valence electrons. The molecule has 0 spiro atoms. The molecule has 0 aliphatic heterocycles. The van der Waals surface area contributed by atoms with E-state index in [1.54, 1.807) is 0 Å². The van der Waals surface area contributed by atoms with Gasteiger partial charge in [-0.25, -0.2) is 0 Å². The molecule has 0 aromatic rings. The second-order valence-electron chi connectivity index (χ2n) is 0. The summed E-state index contributed by atoms with van der Waals surface area (Å²) >= 11 is 0. The molecule has 6 heavy (non-hydrogen) atoms. The summed E-state index contributed by atoms with van der Waals surface area (Å²) in [6.45, 7) is 0. The first-order valence-electron chi connectivity index (χ1n) is 0. The SMILES string of the molecule is [Ca+2].[Fe].[H-].[H-].[H-].[H-].[H-].[K+].[Mg+2].[Mn].[SeH]. The van der Waals surface area contributed by atoms with Gasteiger partial charge in [0.25, 0.3) is 0 Å². The third-order valence-electron chi connectivity index (χ3n) is 0. The molecular weight excluding hydrogens is 293 g/mol. The Morgan fingerprint density at radius 1 is 1.17 bits per heavy atom. The van der Waals surface area contributed by atoms with Crippen molar-refractivity contribution < 1.29 is 92.7 Å². The molecule has 0 aromatic carbocycles. The molecule has 0 aromatic heterocycles. The molecule has 0 aliphatic carbocycles. The van der Waals surface area contributed by atoms with Crippen LogP contribution in [-0.2, 0) is 34.1 Å². The quantitative estimate of drug-likeness (QED) is 0.402. The molecule has 0 atom stereocenters. The van der Waals surface area contributed by atoms with Crippen LogP contribution in [0.5, 0.6) is 0 Å². The number of hydrogen-bond acceptors (Lipinski definition) is 0. The predicted molar refractivity (Wildman–Crippen MR) is 24.2 cm³/mol. The normalized spacial score (nSPS) is 0. The number of rotatable bonds is 0. The zero-order valence-electron chi connectivity index (χ0n) is 8.59. The molecule has 0 unspecified atom stereocenters. The van der Waals surface area contributed by atoms with Crippen molar-refractivity contribution in [3.63, 3.8) is 0 Å². The van der Waals surface area contributed by atoms with Gasteiger partial charge in [-0.05, 0) is 0 Å². The molecule has 0 bridgehead atoms. The Morgan fingerprint density at radius 3 is 1.17 bits per heavy atom. The van der Waals surface area contributed by atoms with Gasteiger partial charge in [0.15, 0.2) is 0 Å². The summed E-state index contributed by atoms with van der Waals surface area (Å²) in [5, 5.41) is 0. The summed E-state index contributed by atoms with van der Waals surface area (Å²) in [7, 11) is 0. The number of hydrogen-bond donors (Lipinski definition) is 0. The van der Waals surface area contributed by atoms with Crippen molar-refractivity contribution in [2.75, 3.05) is 0 Å². The third kappa shape index (κ3) is 22.9. The molecule has 6 heteroatoms. The summed E-state index contributed by atoms with van der Waals surface area (Å²) in [6.07, 6.45) is 0. The van der Waals surface area contributed by atoms with Crippen molar-refractivity contribution in [2.45, 2.75) is 0 Å². The van der Waals surface area contributed by atoms with E-state index in [9.17, 15) is 0 Å². The van der Waals surface area contributed by atoms with Crippen molar-refractivity contribution in [1.29, 1.82) is 0 Å². The van der Waals surface area contributed by atoms with E-state index in [1.165, 1.54) is 0 Å². The summed E-state index contributed by atoms with van der Waals surface area (Å²) in [5.41, 5.74) is 0. The van der Waals surface area contributed by atoms with Crippen LogP contribution in [0.1, 0.15) is 7.13 Å². The van der Waals surface area contributed by atoms with Crippen LogP contribution in [0.3, 0.4) is 0 Å². The summed E-state index contributed by atoms with van der Waals surface area (Å²) in [6, 6.07) is 0. The van der Waals surface area contributed by atoms with Crippen molar-refractivity contribution in [1.82, 2.24) is 0 Å². The third-order valence-corrected chi connectivity index (χ3v) is 0. The Labute approximate surface area is 166 Å². The molecular formula is H6CaFeKMgMnSe. The minimum atomic E-state index is 0. The van der Waals surface area contributed by atoms with Gasteiger partial charge >= 0.3 is 129 Å². The van der Waals surface area contributed by atoms with Crippen LogP contribution >= 0.6 is 0 Å². The Bertz CT molecular complexity index is 26.4. The average molecular weight is 299 g/mol. The maximum absolute atomic E-state index is 0. The van der Waals surface area contributed by atoms with E-state index in [4.69, 9.17) is 0 Å². The van der Waals surface area contributed by atoms with E-state index >= 15 is 0 Å². The van der Waals surface area contributed by atoms with E-state index in [0.717, 1.165) is 0 Å². The van der Waals surface area contributed by atoms with Gasteiger partial charge in [0.05, 0.1) is 0 Å². The van der Waals surface area contributed by atoms with Crippen LogP contribution in [-0.4, -0.2) is 77.9 Å². The fourth-order valence-corrected chi connectivity index (χ4v) is 0. The van der Waals surface area contributed by atoms with Gasteiger partial charge < -0.3 is 7.13 Å². The van der Waals surface area contributed by atoms with Crippen LogP contribution in [0.25, 0.3) is 0 Å². The van der Waals surface area contributed by atoms with E-state index in [1.807, 2.05) is 0 Å². The molecule has 0 fully saturated rings. The summed E-state index contributed by atoms with van der Waals surface area (Å²) in [5.74, 6) is 0. The Kier molecular flexibility index (Phi) is 229. The van der Waals surface area contributed by atoms with E-state index in [-0.39, 0.29) is 171 Å². The van der Waals surface area contributed by atoms with Crippen LogP contribution in [0.2, 0.25) is 0 Å². The second kappa shape index (κ2) is 31.9. The van der Waals surface area contributed by atoms with Crippen LogP contribution < -0.4 is 51.4 Å². The van der Waals surface area contributed by atoms with Gasteiger partial charge in [-0.3, -0.25) is 0 Å². The summed E-state index contributed by atoms with van der Waals surface area (Å²) in [4.78, 5) is 0. The minimum absolute atomic E-state index is 0. The predicted octanol–water partition coefficient (Wildman–Crippen LogP) is -3.85. The standard InChI is InChI=1S/Ca.Fe.K.Mg.Mn.HSe.5H/h;;;;;1H;;;;;/q+2;;+1;+2;;;5*-1.